The molecule has 0 aliphatic carbocycles. The number of hydrogen-bond donors (Lipinski definition) is 2. The van der Waals surface area contributed by atoms with E-state index in [-0.39, 0.29) is 12.1 Å². The molecular formula is C19H23N3O2S. The third-order valence-corrected chi connectivity index (χ3v) is 6.18. The summed E-state index contributed by atoms with van der Waals surface area (Å²) in [5.74, 6) is 0.598. The average molecular weight is 357 g/mol. The van der Waals surface area contributed by atoms with Crippen molar-refractivity contribution in [3.63, 3.8) is 0 Å². The first-order valence-electron chi connectivity index (χ1n) is 8.80. The molecular weight excluding hydrogens is 334 g/mol. The van der Waals surface area contributed by atoms with Crippen LogP contribution in [0.3, 0.4) is 0 Å². The largest absolute Gasteiger partial charge is 0.413 e. The summed E-state index contributed by atoms with van der Waals surface area (Å²) < 4.78 is 5.52. The van der Waals surface area contributed by atoms with Gasteiger partial charge >= 0.3 is 6.09 Å². The van der Waals surface area contributed by atoms with Crippen LogP contribution in [0.2, 0.25) is 0 Å². The molecule has 3 aliphatic heterocycles. The van der Waals surface area contributed by atoms with Crippen molar-refractivity contribution in [1.29, 1.82) is 0 Å². The molecule has 6 heteroatoms. The molecule has 1 aromatic heterocycles. The van der Waals surface area contributed by atoms with E-state index in [9.17, 15) is 4.79 Å². The lowest BCUT2D eigenvalue weighted by atomic mass is 9.84. The van der Waals surface area contributed by atoms with E-state index in [4.69, 9.17) is 4.74 Å². The average Bonchev–Trinajstić information content (AvgIpc) is 3.11. The summed E-state index contributed by atoms with van der Waals surface area (Å²) in [5.41, 5.74) is 2.18. The van der Waals surface area contributed by atoms with Gasteiger partial charge in [-0.05, 0) is 61.7 Å². The third kappa shape index (κ3) is 3.65. The van der Waals surface area contributed by atoms with Crippen molar-refractivity contribution in [3.8, 4) is 15.5 Å². The van der Waals surface area contributed by atoms with Gasteiger partial charge in [0.1, 0.15) is 0 Å². The van der Waals surface area contributed by atoms with Crippen molar-refractivity contribution in [2.24, 2.45) is 5.92 Å². The zero-order chi connectivity index (χ0) is 17.2. The summed E-state index contributed by atoms with van der Waals surface area (Å²) in [6.07, 6.45) is 2.02. The predicted molar refractivity (Wildman–Crippen MR) is 101 cm³/mol. The molecule has 0 unspecified atom stereocenters. The Morgan fingerprint density at radius 3 is 2.80 bits per heavy atom. The molecule has 5 nitrogen and oxygen atoms in total. The van der Waals surface area contributed by atoms with Gasteiger partial charge in [-0.15, -0.1) is 0 Å². The lowest BCUT2D eigenvalue weighted by Gasteiger charge is -2.44. The molecule has 25 heavy (non-hydrogen) atoms. The lowest BCUT2D eigenvalue weighted by molar-refractivity contribution is 0.0726. The number of ether oxygens (including phenoxy) is 1. The van der Waals surface area contributed by atoms with Crippen molar-refractivity contribution < 1.29 is 9.53 Å². The topological polar surface area (TPSA) is 53.6 Å². The smallest absolute Gasteiger partial charge is 0.399 e. The highest BCUT2D eigenvalue weighted by Gasteiger charge is 2.35. The van der Waals surface area contributed by atoms with Crippen molar-refractivity contribution in [3.05, 3.63) is 36.4 Å². The zero-order valence-electron chi connectivity index (χ0n) is 14.3. The predicted octanol–water partition coefficient (Wildman–Crippen LogP) is 3.64. The van der Waals surface area contributed by atoms with E-state index in [0.29, 0.717) is 11.0 Å². The fourth-order valence-electron chi connectivity index (χ4n) is 3.76. The maximum Gasteiger partial charge on any atom is 0.413 e. The first-order valence-corrected chi connectivity index (χ1v) is 9.61. The van der Waals surface area contributed by atoms with Crippen LogP contribution in [0.25, 0.3) is 10.4 Å². The van der Waals surface area contributed by atoms with Gasteiger partial charge in [-0.3, -0.25) is 0 Å². The third-order valence-electron chi connectivity index (χ3n) is 5.17. The van der Waals surface area contributed by atoms with Crippen molar-refractivity contribution in [2.75, 3.05) is 32.0 Å². The van der Waals surface area contributed by atoms with Crippen molar-refractivity contribution in [2.45, 2.75) is 18.9 Å². The van der Waals surface area contributed by atoms with Crippen LogP contribution < -0.4 is 15.4 Å². The number of benzene rings is 1. The molecule has 0 radical (unpaired) electrons. The number of carbonyl (C=O) groups excluding carboxylic acids is 1. The Balaban J connectivity index is 1.38. The van der Waals surface area contributed by atoms with E-state index in [1.807, 2.05) is 31.3 Å². The number of rotatable bonds is 4. The minimum atomic E-state index is -0.337. The van der Waals surface area contributed by atoms with Gasteiger partial charge in [0, 0.05) is 30.2 Å². The molecule has 2 bridgehead atoms. The molecule has 5 rings (SSSR count). The minimum Gasteiger partial charge on any atom is -0.399 e. The molecule has 0 spiro atoms. The number of nitrogens with one attached hydrogen (secondary N) is 2. The molecule has 2 N–H and O–H groups in total. The van der Waals surface area contributed by atoms with Gasteiger partial charge in [0.2, 0.25) is 0 Å². The molecule has 3 saturated heterocycles. The maximum absolute atomic E-state index is 12.2. The first-order chi connectivity index (χ1) is 12.2. The van der Waals surface area contributed by atoms with E-state index in [2.05, 4.69) is 27.7 Å². The van der Waals surface area contributed by atoms with Crippen LogP contribution >= 0.6 is 11.3 Å². The van der Waals surface area contributed by atoms with Crippen LogP contribution in [0.15, 0.2) is 36.4 Å². The molecule has 1 atom stereocenters. The van der Waals surface area contributed by atoms with Crippen LogP contribution in [-0.2, 0) is 0 Å². The molecule has 132 valence electrons. The highest BCUT2D eigenvalue weighted by molar-refractivity contribution is 7.17. The van der Waals surface area contributed by atoms with Gasteiger partial charge in [-0.25, -0.2) is 4.79 Å². The maximum atomic E-state index is 12.2. The molecule has 0 saturated carbocycles. The zero-order valence-corrected chi connectivity index (χ0v) is 15.1. The van der Waals surface area contributed by atoms with Crippen molar-refractivity contribution >= 4 is 23.1 Å². The normalized spacial score (nSPS) is 24.8. The Labute approximate surface area is 152 Å². The van der Waals surface area contributed by atoms with Crippen LogP contribution in [0.5, 0.6) is 5.06 Å². The second-order valence-electron chi connectivity index (χ2n) is 6.73. The van der Waals surface area contributed by atoms with Gasteiger partial charge in [0.05, 0.1) is 0 Å². The Kier molecular flexibility index (Phi) is 4.63. The highest BCUT2D eigenvalue weighted by Crippen LogP contribution is 2.34. The monoisotopic (exact) mass is 357 g/mol. The quantitative estimate of drug-likeness (QED) is 0.877. The standard InChI is InChI=1S/C19H23N3O2S/c1-20-15-4-2-3-14(11-15)17-5-6-18(25-17)24-19(23)21-16-12-22-9-7-13(16)8-10-22/h2-6,11,13,16,20H,7-10,12H2,1H3,(H,21,23)/t16-/m0/s1. The summed E-state index contributed by atoms with van der Waals surface area (Å²) in [6.45, 7) is 3.28. The number of anilines is 1. The van der Waals surface area contributed by atoms with E-state index in [0.717, 1.165) is 35.8 Å². The number of piperidine rings is 3. The molecule has 3 fully saturated rings. The number of hydrogen-bond acceptors (Lipinski definition) is 5. The number of amides is 1. The summed E-state index contributed by atoms with van der Waals surface area (Å²) in [4.78, 5) is 15.8. The number of carbonyl (C=O) groups is 1. The number of fused-ring (bicyclic) bond motifs is 3. The van der Waals surface area contributed by atoms with Crippen molar-refractivity contribution in [1.82, 2.24) is 10.2 Å². The molecule has 3 aliphatic rings. The fourth-order valence-corrected chi connectivity index (χ4v) is 4.61. The minimum absolute atomic E-state index is 0.224. The summed E-state index contributed by atoms with van der Waals surface area (Å²) >= 11 is 1.49. The van der Waals surface area contributed by atoms with Crippen LogP contribution in [-0.4, -0.2) is 43.7 Å². The summed E-state index contributed by atoms with van der Waals surface area (Å²) in [5, 5.41) is 6.83. The summed E-state index contributed by atoms with van der Waals surface area (Å²) in [7, 11) is 1.90. The summed E-state index contributed by atoms with van der Waals surface area (Å²) in [6, 6.07) is 12.3. The fraction of sp³-hybridized carbons (Fsp3) is 0.421. The van der Waals surface area contributed by atoms with Crippen LogP contribution in [0.4, 0.5) is 10.5 Å². The Morgan fingerprint density at radius 1 is 1.24 bits per heavy atom. The van der Waals surface area contributed by atoms with E-state index >= 15 is 0 Å². The van der Waals surface area contributed by atoms with Gasteiger partial charge in [0.15, 0.2) is 5.06 Å². The van der Waals surface area contributed by atoms with Crippen LogP contribution in [0, 0.1) is 5.92 Å². The van der Waals surface area contributed by atoms with Crippen LogP contribution in [0.1, 0.15) is 12.8 Å². The van der Waals surface area contributed by atoms with E-state index in [1.165, 1.54) is 24.2 Å². The second kappa shape index (κ2) is 7.06. The number of thiophene rings is 1. The van der Waals surface area contributed by atoms with Gasteiger partial charge < -0.3 is 20.3 Å². The van der Waals surface area contributed by atoms with E-state index < -0.39 is 0 Å². The molecule has 1 amide bonds. The molecule has 4 heterocycles. The Bertz CT molecular complexity index is 753. The van der Waals surface area contributed by atoms with Gasteiger partial charge in [-0.2, -0.15) is 0 Å². The molecule has 2 aromatic rings. The van der Waals surface area contributed by atoms with E-state index in [1.54, 1.807) is 0 Å². The SMILES string of the molecule is CNc1cccc(-c2ccc(OC(=O)N[C@H]3CN4CCC3CC4)s2)c1. The van der Waals surface area contributed by atoms with Gasteiger partial charge in [-0.1, -0.05) is 23.5 Å². The molecule has 1 aromatic carbocycles. The Hall–Kier alpha value is -2.05. The highest BCUT2D eigenvalue weighted by atomic mass is 32.1. The van der Waals surface area contributed by atoms with Gasteiger partial charge in [0.25, 0.3) is 0 Å². The Morgan fingerprint density at radius 2 is 2.08 bits per heavy atom. The number of nitrogens with zero attached hydrogens (tertiary/aromatic N) is 1. The first kappa shape index (κ1) is 16.4. The lowest BCUT2D eigenvalue weighted by Crippen LogP contribution is -2.57. The second-order valence-corrected chi connectivity index (χ2v) is 7.77.